The minimum absolute atomic E-state index is 0.0232. The Bertz CT molecular complexity index is 781. The monoisotopic (exact) mass is 360 g/mol. The van der Waals surface area contributed by atoms with Crippen molar-refractivity contribution in [1.29, 1.82) is 0 Å². The highest BCUT2D eigenvalue weighted by atomic mass is 32.2. The van der Waals surface area contributed by atoms with E-state index in [9.17, 15) is 4.79 Å². The molecular formula is C17H16N2OS3. The third-order valence-corrected chi connectivity index (χ3v) is 6.28. The van der Waals surface area contributed by atoms with E-state index in [1.54, 1.807) is 34.4 Å². The van der Waals surface area contributed by atoms with Crippen molar-refractivity contribution in [3.8, 4) is 0 Å². The van der Waals surface area contributed by atoms with E-state index < -0.39 is 0 Å². The predicted octanol–water partition coefficient (Wildman–Crippen LogP) is 4.74. The molecule has 0 saturated carbocycles. The first-order valence-electron chi connectivity index (χ1n) is 7.16. The number of rotatable bonds is 6. The Balaban J connectivity index is 1.65. The van der Waals surface area contributed by atoms with Crippen molar-refractivity contribution in [3.63, 3.8) is 0 Å². The topological polar surface area (TPSA) is 42.0 Å². The fourth-order valence-corrected chi connectivity index (χ4v) is 4.58. The largest absolute Gasteiger partial charge is 0.347 e. The summed E-state index contributed by atoms with van der Waals surface area (Å²) in [7, 11) is 0. The van der Waals surface area contributed by atoms with Gasteiger partial charge in [-0.3, -0.25) is 4.79 Å². The number of nitrogens with zero attached hydrogens (tertiary/aromatic N) is 1. The molecule has 3 aromatic rings. The Morgan fingerprint density at radius 2 is 2.09 bits per heavy atom. The second kappa shape index (κ2) is 7.77. The molecule has 118 valence electrons. The van der Waals surface area contributed by atoms with Crippen molar-refractivity contribution in [2.24, 2.45) is 0 Å². The SMILES string of the molecule is Cc1csc(SCc2ccccc2C(=O)NCc2cccs2)n1. The van der Waals surface area contributed by atoms with Crippen molar-refractivity contribution < 1.29 is 4.79 Å². The average Bonchev–Trinajstić information content (AvgIpc) is 3.22. The molecule has 0 unspecified atom stereocenters. The van der Waals surface area contributed by atoms with Gasteiger partial charge in [0.2, 0.25) is 0 Å². The Labute approximate surface area is 147 Å². The normalized spacial score (nSPS) is 10.7. The molecule has 23 heavy (non-hydrogen) atoms. The second-order valence-corrected chi connectivity index (χ2v) is 8.08. The molecule has 0 bridgehead atoms. The van der Waals surface area contributed by atoms with Crippen molar-refractivity contribution in [3.05, 3.63) is 68.9 Å². The summed E-state index contributed by atoms with van der Waals surface area (Å²) < 4.78 is 1.04. The zero-order chi connectivity index (χ0) is 16.1. The molecule has 0 radical (unpaired) electrons. The molecule has 0 aliphatic carbocycles. The number of thiophene rings is 1. The summed E-state index contributed by atoms with van der Waals surface area (Å²) in [5.74, 6) is 0.722. The molecule has 2 aromatic heterocycles. The maximum Gasteiger partial charge on any atom is 0.251 e. The number of thioether (sulfide) groups is 1. The molecule has 0 fully saturated rings. The summed E-state index contributed by atoms with van der Waals surface area (Å²) in [6, 6.07) is 11.8. The van der Waals surface area contributed by atoms with Crippen LogP contribution >= 0.6 is 34.4 Å². The molecule has 1 N–H and O–H groups in total. The Kier molecular flexibility index (Phi) is 5.48. The molecule has 3 nitrogen and oxygen atoms in total. The molecule has 1 aromatic carbocycles. The Morgan fingerprint density at radius 1 is 1.22 bits per heavy atom. The van der Waals surface area contributed by atoms with Gasteiger partial charge in [0.25, 0.3) is 5.91 Å². The fraction of sp³-hybridized carbons (Fsp3) is 0.176. The lowest BCUT2D eigenvalue weighted by molar-refractivity contribution is 0.0950. The molecule has 0 saturated heterocycles. The first kappa shape index (κ1) is 16.2. The number of amides is 1. The van der Waals surface area contributed by atoms with Crippen molar-refractivity contribution in [2.75, 3.05) is 0 Å². The number of carbonyl (C=O) groups is 1. The zero-order valence-corrected chi connectivity index (χ0v) is 15.1. The van der Waals surface area contributed by atoms with Gasteiger partial charge in [-0.2, -0.15) is 0 Å². The van der Waals surface area contributed by atoms with Crippen LogP contribution in [0.5, 0.6) is 0 Å². The summed E-state index contributed by atoms with van der Waals surface area (Å²) in [5, 5.41) is 7.05. The minimum atomic E-state index is -0.0232. The number of aromatic nitrogens is 1. The van der Waals surface area contributed by atoms with E-state index in [0.717, 1.165) is 31.8 Å². The van der Waals surface area contributed by atoms with Crippen LogP contribution in [0, 0.1) is 6.92 Å². The van der Waals surface area contributed by atoms with Gasteiger partial charge in [-0.05, 0) is 30.0 Å². The number of hydrogen-bond donors (Lipinski definition) is 1. The summed E-state index contributed by atoms with van der Waals surface area (Å²) in [4.78, 5) is 18.1. The molecule has 0 atom stereocenters. The average molecular weight is 361 g/mol. The molecule has 6 heteroatoms. The van der Waals surface area contributed by atoms with Crippen LogP contribution in [-0.4, -0.2) is 10.9 Å². The van der Waals surface area contributed by atoms with Crippen molar-refractivity contribution in [1.82, 2.24) is 10.3 Å². The number of aryl methyl sites for hydroxylation is 1. The van der Waals surface area contributed by atoms with Crippen molar-refractivity contribution >= 4 is 40.3 Å². The fourth-order valence-electron chi connectivity index (χ4n) is 2.08. The van der Waals surface area contributed by atoms with Gasteiger partial charge in [0, 0.05) is 27.3 Å². The summed E-state index contributed by atoms with van der Waals surface area (Å²) in [6.45, 7) is 2.57. The van der Waals surface area contributed by atoms with Gasteiger partial charge in [0.15, 0.2) is 0 Å². The van der Waals surface area contributed by atoms with E-state index in [-0.39, 0.29) is 5.91 Å². The number of nitrogens with one attached hydrogen (secondary N) is 1. The highest BCUT2D eigenvalue weighted by Gasteiger charge is 2.11. The first-order valence-corrected chi connectivity index (χ1v) is 9.90. The van der Waals surface area contributed by atoms with Gasteiger partial charge in [-0.25, -0.2) is 4.98 Å². The molecule has 1 amide bonds. The van der Waals surface area contributed by atoms with Crippen LogP contribution in [0.1, 0.15) is 26.5 Å². The molecule has 0 aliphatic rings. The van der Waals surface area contributed by atoms with E-state index in [1.165, 1.54) is 0 Å². The summed E-state index contributed by atoms with van der Waals surface area (Å²) >= 11 is 4.96. The van der Waals surface area contributed by atoms with Gasteiger partial charge in [-0.15, -0.1) is 22.7 Å². The molecule has 2 heterocycles. The number of benzene rings is 1. The van der Waals surface area contributed by atoms with Gasteiger partial charge < -0.3 is 5.32 Å². The minimum Gasteiger partial charge on any atom is -0.347 e. The summed E-state index contributed by atoms with van der Waals surface area (Å²) in [6.07, 6.45) is 0. The van der Waals surface area contributed by atoms with E-state index in [0.29, 0.717) is 6.54 Å². The highest BCUT2D eigenvalue weighted by Crippen LogP contribution is 2.27. The molecule has 0 aliphatic heterocycles. The Morgan fingerprint density at radius 3 is 2.83 bits per heavy atom. The predicted molar refractivity (Wildman–Crippen MR) is 98.3 cm³/mol. The van der Waals surface area contributed by atoms with Crippen LogP contribution in [0.2, 0.25) is 0 Å². The number of hydrogen-bond acceptors (Lipinski definition) is 5. The van der Waals surface area contributed by atoms with E-state index in [4.69, 9.17) is 0 Å². The smallest absolute Gasteiger partial charge is 0.251 e. The summed E-state index contributed by atoms with van der Waals surface area (Å²) in [5.41, 5.74) is 2.82. The Hall–Kier alpha value is -1.63. The highest BCUT2D eigenvalue weighted by molar-refractivity contribution is 8.00. The molecular weight excluding hydrogens is 344 g/mol. The van der Waals surface area contributed by atoms with Crippen LogP contribution in [0.25, 0.3) is 0 Å². The van der Waals surface area contributed by atoms with E-state index in [1.807, 2.05) is 54.1 Å². The van der Waals surface area contributed by atoms with E-state index >= 15 is 0 Å². The second-order valence-electron chi connectivity index (χ2n) is 4.96. The van der Waals surface area contributed by atoms with Gasteiger partial charge in [0.1, 0.15) is 4.34 Å². The van der Waals surface area contributed by atoms with E-state index in [2.05, 4.69) is 10.3 Å². The lowest BCUT2D eigenvalue weighted by Gasteiger charge is -2.09. The van der Waals surface area contributed by atoms with Crippen LogP contribution in [-0.2, 0) is 12.3 Å². The lowest BCUT2D eigenvalue weighted by atomic mass is 10.1. The van der Waals surface area contributed by atoms with Crippen LogP contribution in [0.15, 0.2) is 51.5 Å². The molecule has 0 spiro atoms. The maximum atomic E-state index is 12.4. The van der Waals surface area contributed by atoms with Crippen LogP contribution in [0.3, 0.4) is 0 Å². The number of thiazole rings is 1. The first-order chi connectivity index (χ1) is 11.2. The van der Waals surface area contributed by atoms with Crippen LogP contribution < -0.4 is 5.32 Å². The lowest BCUT2D eigenvalue weighted by Crippen LogP contribution is -2.23. The zero-order valence-electron chi connectivity index (χ0n) is 12.6. The van der Waals surface area contributed by atoms with Crippen LogP contribution in [0.4, 0.5) is 0 Å². The third kappa shape index (κ3) is 4.43. The van der Waals surface area contributed by atoms with Crippen molar-refractivity contribution in [2.45, 2.75) is 23.6 Å². The van der Waals surface area contributed by atoms with Gasteiger partial charge >= 0.3 is 0 Å². The van der Waals surface area contributed by atoms with Gasteiger partial charge in [-0.1, -0.05) is 36.0 Å². The van der Waals surface area contributed by atoms with Gasteiger partial charge in [0.05, 0.1) is 6.54 Å². The molecule has 3 rings (SSSR count). The quantitative estimate of drug-likeness (QED) is 0.646. The third-order valence-electron chi connectivity index (χ3n) is 3.21. The standard InChI is InChI=1S/C17H16N2OS3/c1-12-10-22-17(19-12)23-11-13-5-2-3-7-15(13)16(20)18-9-14-6-4-8-21-14/h2-8,10H,9,11H2,1H3,(H,18,20). The number of carbonyl (C=O) groups excluding carboxylic acids is 1. The maximum absolute atomic E-state index is 12.4.